The summed E-state index contributed by atoms with van der Waals surface area (Å²) in [7, 11) is 0. The topological polar surface area (TPSA) is 101 Å². The highest BCUT2D eigenvalue weighted by Crippen LogP contribution is 2.32. The number of nitrogens with zero attached hydrogens (tertiary/aromatic N) is 4. The van der Waals surface area contributed by atoms with Crippen LogP contribution in [0, 0.1) is 5.92 Å². The lowest BCUT2D eigenvalue weighted by molar-refractivity contribution is -0.140. The van der Waals surface area contributed by atoms with Crippen molar-refractivity contribution in [2.45, 2.75) is 25.4 Å². The van der Waals surface area contributed by atoms with E-state index in [1.165, 1.54) is 0 Å². The largest absolute Gasteiger partial charge is 0.383 e. The van der Waals surface area contributed by atoms with E-state index in [4.69, 9.17) is 11.5 Å². The van der Waals surface area contributed by atoms with Crippen LogP contribution in [0.5, 0.6) is 0 Å². The van der Waals surface area contributed by atoms with Gasteiger partial charge in [0.25, 0.3) is 0 Å². The van der Waals surface area contributed by atoms with E-state index in [1.807, 2.05) is 23.1 Å². The highest BCUT2D eigenvalue weighted by molar-refractivity contribution is 5.81. The van der Waals surface area contributed by atoms with Crippen molar-refractivity contribution in [3.05, 3.63) is 42.0 Å². The lowest BCUT2D eigenvalue weighted by Gasteiger charge is -2.36. The first kappa shape index (κ1) is 15.7. The molecular weight excluding hydrogens is 316 g/mol. The number of amides is 1. The molecule has 4 heterocycles. The number of hydrogen-bond donors (Lipinski definition) is 2. The van der Waals surface area contributed by atoms with Gasteiger partial charge in [0, 0.05) is 31.7 Å². The van der Waals surface area contributed by atoms with Crippen molar-refractivity contribution >= 4 is 23.5 Å². The third-order valence-electron chi connectivity index (χ3n) is 5.06. The van der Waals surface area contributed by atoms with Gasteiger partial charge >= 0.3 is 0 Å². The summed E-state index contributed by atoms with van der Waals surface area (Å²) in [6.45, 7) is 2.05. The Kier molecular flexibility index (Phi) is 3.91. The summed E-state index contributed by atoms with van der Waals surface area (Å²) >= 11 is 0. The first-order valence-corrected chi connectivity index (χ1v) is 8.59. The number of benzene rings is 1. The van der Waals surface area contributed by atoms with Crippen LogP contribution >= 0.6 is 0 Å². The van der Waals surface area contributed by atoms with Crippen molar-refractivity contribution in [1.29, 1.82) is 0 Å². The molecule has 1 amide bonds. The number of hydrogen-bond acceptors (Lipinski definition) is 6. The van der Waals surface area contributed by atoms with Gasteiger partial charge < -0.3 is 21.3 Å². The zero-order chi connectivity index (χ0) is 17.4. The quantitative estimate of drug-likeness (QED) is 0.874. The molecule has 2 aromatic rings. The molecule has 1 aromatic heterocycles. The first-order chi connectivity index (χ1) is 12.1. The fraction of sp³-hybridized carbons (Fsp3) is 0.389. The third-order valence-corrected chi connectivity index (χ3v) is 5.06. The molecular formula is C18H22N6O. The lowest BCUT2D eigenvalue weighted by Crippen LogP contribution is -2.47. The second-order valence-corrected chi connectivity index (χ2v) is 6.79. The van der Waals surface area contributed by atoms with Crippen LogP contribution in [0.3, 0.4) is 0 Å². The van der Waals surface area contributed by atoms with Gasteiger partial charge in [-0.3, -0.25) is 4.79 Å². The maximum absolute atomic E-state index is 12.9. The zero-order valence-corrected chi connectivity index (χ0v) is 14.0. The molecule has 3 saturated heterocycles. The minimum Gasteiger partial charge on any atom is -0.383 e. The smallest absolute Gasteiger partial charge is 0.228 e. The Balaban J connectivity index is 1.60. The van der Waals surface area contributed by atoms with Gasteiger partial charge in [-0.25, -0.2) is 0 Å². The highest BCUT2D eigenvalue weighted by atomic mass is 16.2. The Morgan fingerprint density at radius 2 is 1.88 bits per heavy atom. The molecule has 3 aliphatic heterocycles. The molecule has 130 valence electrons. The Bertz CT molecular complexity index is 760. The van der Waals surface area contributed by atoms with Crippen molar-refractivity contribution in [2.24, 2.45) is 5.92 Å². The molecule has 3 fully saturated rings. The number of carbonyl (C=O) groups excluding carboxylic acids is 1. The van der Waals surface area contributed by atoms with Crippen molar-refractivity contribution in [3.63, 3.8) is 0 Å². The van der Waals surface area contributed by atoms with Gasteiger partial charge in [-0.1, -0.05) is 30.3 Å². The minimum atomic E-state index is -0.0140. The normalized spacial score (nSPS) is 23.0. The van der Waals surface area contributed by atoms with E-state index in [1.54, 1.807) is 6.07 Å². The molecule has 1 aromatic carbocycles. The van der Waals surface area contributed by atoms with Gasteiger partial charge in [0.2, 0.25) is 11.9 Å². The van der Waals surface area contributed by atoms with Gasteiger partial charge in [-0.15, -0.1) is 0 Å². The van der Waals surface area contributed by atoms with E-state index in [2.05, 4.69) is 27.0 Å². The van der Waals surface area contributed by atoms with Crippen LogP contribution in [-0.4, -0.2) is 39.9 Å². The van der Waals surface area contributed by atoms with Crippen molar-refractivity contribution < 1.29 is 4.79 Å². The van der Waals surface area contributed by atoms with Crippen LogP contribution in [0.25, 0.3) is 0 Å². The van der Waals surface area contributed by atoms with E-state index < -0.39 is 0 Å². The van der Waals surface area contributed by atoms with Crippen LogP contribution < -0.4 is 16.4 Å². The monoisotopic (exact) mass is 338 g/mol. The average Bonchev–Trinajstić information content (AvgIpc) is 2.88. The number of nitrogens with two attached hydrogens (primary N) is 2. The average molecular weight is 338 g/mol. The summed E-state index contributed by atoms with van der Waals surface area (Å²) in [4.78, 5) is 25.3. The van der Waals surface area contributed by atoms with Crippen molar-refractivity contribution in [1.82, 2.24) is 14.9 Å². The maximum atomic E-state index is 12.9. The summed E-state index contributed by atoms with van der Waals surface area (Å²) in [5.41, 5.74) is 12.7. The molecule has 2 bridgehead atoms. The number of nitrogen functional groups attached to an aromatic ring is 2. The molecule has 0 aliphatic carbocycles. The zero-order valence-electron chi connectivity index (χ0n) is 14.0. The molecule has 0 unspecified atom stereocenters. The standard InChI is InChI=1S/C18H22N6O/c19-15-8-16(22-18(20)21-15)23-10-13-6-7-14(11-23)24(17(13)25)9-12-4-2-1-3-5-12/h1-5,8,13-14H,6-7,9-11H2,(H4,19,20,21,22)/t13-,14+/m0/s1. The Morgan fingerprint density at radius 1 is 1.08 bits per heavy atom. The second kappa shape index (κ2) is 6.23. The predicted octanol–water partition coefficient (Wildman–Crippen LogP) is 1.27. The van der Waals surface area contributed by atoms with Gasteiger partial charge in [-0.05, 0) is 18.4 Å². The SMILES string of the molecule is Nc1cc(N2C[C@@H]3CC[C@H](C2)N(Cc2ccccc2)C3=O)nc(N)n1. The number of piperidine rings is 1. The van der Waals surface area contributed by atoms with E-state index in [-0.39, 0.29) is 23.8 Å². The van der Waals surface area contributed by atoms with Gasteiger partial charge in [-0.2, -0.15) is 9.97 Å². The molecule has 7 nitrogen and oxygen atoms in total. The van der Waals surface area contributed by atoms with Crippen LogP contribution in [0.4, 0.5) is 17.6 Å². The summed E-state index contributed by atoms with van der Waals surface area (Å²) in [5.74, 6) is 1.44. The van der Waals surface area contributed by atoms with Crippen LogP contribution in [0.2, 0.25) is 0 Å². The number of carbonyl (C=O) groups is 1. The Hall–Kier alpha value is -2.83. The molecule has 0 radical (unpaired) electrons. The lowest BCUT2D eigenvalue weighted by atomic mass is 9.93. The van der Waals surface area contributed by atoms with Gasteiger partial charge in [0.05, 0.1) is 5.92 Å². The van der Waals surface area contributed by atoms with E-state index >= 15 is 0 Å². The Labute approximate surface area is 146 Å². The minimum absolute atomic E-state index is 0.0140. The summed E-state index contributed by atoms with van der Waals surface area (Å²) in [6, 6.07) is 12.0. The molecule has 0 saturated carbocycles. The number of anilines is 3. The van der Waals surface area contributed by atoms with E-state index in [0.717, 1.165) is 24.9 Å². The summed E-state index contributed by atoms with van der Waals surface area (Å²) in [5, 5.41) is 0. The van der Waals surface area contributed by atoms with Crippen molar-refractivity contribution in [3.8, 4) is 0 Å². The Morgan fingerprint density at radius 3 is 2.64 bits per heavy atom. The highest BCUT2D eigenvalue weighted by Gasteiger charge is 2.41. The van der Waals surface area contributed by atoms with E-state index in [0.29, 0.717) is 24.7 Å². The summed E-state index contributed by atoms with van der Waals surface area (Å²) in [6.07, 6.45) is 1.93. The molecule has 0 spiro atoms. The van der Waals surface area contributed by atoms with E-state index in [9.17, 15) is 4.79 Å². The number of fused-ring (bicyclic) bond motifs is 4. The second-order valence-electron chi connectivity index (χ2n) is 6.79. The summed E-state index contributed by atoms with van der Waals surface area (Å²) < 4.78 is 0. The van der Waals surface area contributed by atoms with Crippen LogP contribution in [0.15, 0.2) is 36.4 Å². The predicted molar refractivity (Wildman–Crippen MR) is 96.6 cm³/mol. The molecule has 5 rings (SSSR count). The van der Waals surface area contributed by atoms with Crippen LogP contribution in [0.1, 0.15) is 18.4 Å². The number of aromatic nitrogens is 2. The first-order valence-electron chi connectivity index (χ1n) is 8.59. The fourth-order valence-corrected chi connectivity index (χ4v) is 3.85. The number of rotatable bonds is 3. The molecule has 7 heteroatoms. The molecule has 3 aliphatic rings. The molecule has 2 atom stereocenters. The third kappa shape index (κ3) is 3.09. The van der Waals surface area contributed by atoms with Gasteiger partial charge in [0.1, 0.15) is 11.6 Å². The fourth-order valence-electron chi connectivity index (χ4n) is 3.85. The molecule has 25 heavy (non-hydrogen) atoms. The maximum Gasteiger partial charge on any atom is 0.228 e. The van der Waals surface area contributed by atoms with Crippen LogP contribution in [-0.2, 0) is 11.3 Å². The molecule has 4 N–H and O–H groups in total. The van der Waals surface area contributed by atoms with Gasteiger partial charge in [0.15, 0.2) is 0 Å². The van der Waals surface area contributed by atoms with Crippen molar-refractivity contribution in [2.75, 3.05) is 29.5 Å².